The number of aryl methyl sites for hydroxylation is 1. The first kappa shape index (κ1) is 13.7. The summed E-state index contributed by atoms with van der Waals surface area (Å²) < 4.78 is 5.13. The summed E-state index contributed by atoms with van der Waals surface area (Å²) in [5.74, 6) is -0.365. The fourth-order valence-electron chi connectivity index (χ4n) is 2.86. The average molecular weight is 286 g/mol. The maximum Gasteiger partial charge on any atom is 0.340 e. The third-order valence-electron chi connectivity index (χ3n) is 4.09. The van der Waals surface area contributed by atoms with E-state index in [1.54, 1.807) is 6.92 Å². The number of nitrogens with one attached hydrogen (secondary N) is 2. The second kappa shape index (κ2) is 4.35. The van der Waals surface area contributed by atoms with Crippen molar-refractivity contribution < 1.29 is 14.3 Å². The molecule has 0 atom stereocenters. The summed E-state index contributed by atoms with van der Waals surface area (Å²) in [6.45, 7) is 7.72. The maximum atomic E-state index is 12.1. The number of ether oxygens (including phenoxy) is 1. The third kappa shape index (κ3) is 1.84. The Labute approximate surface area is 122 Å². The SMILES string of the molecule is CCOC(=O)c1c(C)[nH]c2cc3c(cc12)C(C)(C)C(=O)N3. The molecule has 1 aromatic heterocycles. The molecule has 0 fully saturated rings. The Morgan fingerprint density at radius 3 is 2.71 bits per heavy atom. The van der Waals surface area contributed by atoms with Crippen molar-refractivity contribution in [2.45, 2.75) is 33.1 Å². The van der Waals surface area contributed by atoms with Gasteiger partial charge in [0, 0.05) is 22.3 Å². The van der Waals surface area contributed by atoms with Gasteiger partial charge in [0.05, 0.1) is 17.6 Å². The number of benzene rings is 1. The van der Waals surface area contributed by atoms with Crippen LogP contribution < -0.4 is 5.32 Å². The zero-order chi connectivity index (χ0) is 15.4. The Balaban J connectivity index is 2.25. The van der Waals surface area contributed by atoms with E-state index in [0.29, 0.717) is 12.2 Å². The van der Waals surface area contributed by atoms with Gasteiger partial charge in [-0.1, -0.05) is 0 Å². The topological polar surface area (TPSA) is 71.2 Å². The normalized spacial score (nSPS) is 15.9. The van der Waals surface area contributed by atoms with Gasteiger partial charge in [0.2, 0.25) is 5.91 Å². The minimum Gasteiger partial charge on any atom is -0.462 e. The van der Waals surface area contributed by atoms with Crippen LogP contribution in [0.4, 0.5) is 5.69 Å². The van der Waals surface area contributed by atoms with Crippen LogP contribution in [-0.2, 0) is 14.9 Å². The van der Waals surface area contributed by atoms with Crippen LogP contribution in [0.15, 0.2) is 12.1 Å². The summed E-state index contributed by atoms with van der Waals surface area (Å²) in [6, 6.07) is 3.80. The van der Waals surface area contributed by atoms with Crippen molar-refractivity contribution in [2.75, 3.05) is 11.9 Å². The number of hydrogen-bond donors (Lipinski definition) is 2. The Bertz CT molecular complexity index is 771. The summed E-state index contributed by atoms with van der Waals surface area (Å²) in [5, 5.41) is 3.69. The van der Waals surface area contributed by atoms with Crippen molar-refractivity contribution in [3.05, 3.63) is 29.0 Å². The molecule has 0 saturated heterocycles. The molecule has 1 aromatic carbocycles. The summed E-state index contributed by atoms with van der Waals surface area (Å²) >= 11 is 0. The standard InChI is InChI=1S/C16H18N2O3/c1-5-21-14(19)13-8(2)17-11-7-12-10(6-9(11)13)16(3,4)15(20)18-12/h6-7,17H,5H2,1-4H3,(H,18,20). The fraction of sp³-hybridized carbons (Fsp3) is 0.375. The number of carbonyl (C=O) groups excluding carboxylic acids is 2. The molecule has 2 N–H and O–H groups in total. The van der Waals surface area contributed by atoms with Gasteiger partial charge in [-0.3, -0.25) is 4.79 Å². The predicted molar refractivity (Wildman–Crippen MR) is 80.6 cm³/mol. The quantitative estimate of drug-likeness (QED) is 0.834. The highest BCUT2D eigenvalue weighted by Gasteiger charge is 2.39. The average Bonchev–Trinajstić information content (AvgIpc) is 2.82. The lowest BCUT2D eigenvalue weighted by atomic mass is 9.85. The monoisotopic (exact) mass is 286 g/mol. The van der Waals surface area contributed by atoms with Gasteiger partial charge in [-0.25, -0.2) is 4.79 Å². The van der Waals surface area contributed by atoms with Gasteiger partial charge < -0.3 is 15.0 Å². The Kier molecular flexibility index (Phi) is 2.83. The van der Waals surface area contributed by atoms with Crippen molar-refractivity contribution in [2.24, 2.45) is 0 Å². The van der Waals surface area contributed by atoms with Crippen molar-refractivity contribution in [1.29, 1.82) is 0 Å². The molecular weight excluding hydrogens is 268 g/mol. The lowest BCUT2D eigenvalue weighted by Crippen LogP contribution is -2.26. The number of aromatic nitrogens is 1. The lowest BCUT2D eigenvalue weighted by Gasteiger charge is -2.15. The van der Waals surface area contributed by atoms with E-state index in [-0.39, 0.29) is 11.9 Å². The minimum absolute atomic E-state index is 0.0282. The summed E-state index contributed by atoms with van der Waals surface area (Å²) in [7, 11) is 0. The molecule has 0 bridgehead atoms. The number of fused-ring (bicyclic) bond motifs is 2. The molecule has 1 aliphatic rings. The van der Waals surface area contributed by atoms with Crippen LogP contribution in [0.3, 0.4) is 0 Å². The number of aromatic amines is 1. The van der Waals surface area contributed by atoms with E-state index >= 15 is 0 Å². The summed E-state index contributed by atoms with van der Waals surface area (Å²) in [4.78, 5) is 27.4. The van der Waals surface area contributed by atoms with Crippen LogP contribution in [0.5, 0.6) is 0 Å². The molecule has 0 radical (unpaired) electrons. The smallest absolute Gasteiger partial charge is 0.340 e. The highest BCUT2D eigenvalue weighted by molar-refractivity contribution is 6.11. The molecule has 2 aromatic rings. The highest BCUT2D eigenvalue weighted by atomic mass is 16.5. The number of hydrogen-bond acceptors (Lipinski definition) is 3. The summed E-state index contributed by atoms with van der Waals surface area (Å²) in [5.41, 5.74) is 3.26. The second-order valence-corrected chi connectivity index (χ2v) is 5.87. The lowest BCUT2D eigenvalue weighted by molar-refractivity contribution is -0.119. The molecule has 110 valence electrons. The second-order valence-electron chi connectivity index (χ2n) is 5.87. The zero-order valence-electron chi connectivity index (χ0n) is 12.6. The fourth-order valence-corrected chi connectivity index (χ4v) is 2.86. The van der Waals surface area contributed by atoms with Gasteiger partial charge in [-0.05, 0) is 45.4 Å². The van der Waals surface area contributed by atoms with Crippen LogP contribution >= 0.6 is 0 Å². The number of rotatable bonds is 2. The molecule has 0 saturated carbocycles. The van der Waals surface area contributed by atoms with Crippen molar-refractivity contribution in [1.82, 2.24) is 4.98 Å². The van der Waals surface area contributed by atoms with Gasteiger partial charge in [-0.2, -0.15) is 0 Å². The van der Waals surface area contributed by atoms with E-state index in [0.717, 1.165) is 27.8 Å². The molecule has 2 heterocycles. The van der Waals surface area contributed by atoms with E-state index in [9.17, 15) is 9.59 Å². The first-order chi connectivity index (χ1) is 9.86. The molecule has 21 heavy (non-hydrogen) atoms. The van der Waals surface area contributed by atoms with Crippen molar-refractivity contribution in [3.8, 4) is 0 Å². The number of esters is 1. The number of amides is 1. The number of H-pyrrole nitrogens is 1. The van der Waals surface area contributed by atoms with E-state index in [4.69, 9.17) is 4.74 Å². The molecule has 5 heteroatoms. The highest BCUT2D eigenvalue weighted by Crippen LogP contribution is 2.40. The molecule has 0 spiro atoms. The first-order valence-electron chi connectivity index (χ1n) is 7.01. The largest absolute Gasteiger partial charge is 0.462 e. The molecular formula is C16H18N2O3. The van der Waals surface area contributed by atoms with Crippen LogP contribution in [-0.4, -0.2) is 23.5 Å². The molecule has 5 nitrogen and oxygen atoms in total. The van der Waals surface area contributed by atoms with Crippen LogP contribution in [0, 0.1) is 6.92 Å². The van der Waals surface area contributed by atoms with Gasteiger partial charge >= 0.3 is 5.97 Å². The van der Waals surface area contributed by atoms with Gasteiger partial charge in [0.15, 0.2) is 0 Å². The molecule has 0 unspecified atom stereocenters. The van der Waals surface area contributed by atoms with E-state index in [1.807, 2.05) is 32.9 Å². The Morgan fingerprint density at radius 2 is 2.05 bits per heavy atom. The molecule has 3 rings (SSSR count). The van der Waals surface area contributed by atoms with E-state index < -0.39 is 5.41 Å². The number of anilines is 1. The maximum absolute atomic E-state index is 12.1. The molecule has 0 aliphatic carbocycles. The third-order valence-corrected chi connectivity index (χ3v) is 4.09. The van der Waals surface area contributed by atoms with Crippen LogP contribution in [0.1, 0.15) is 42.4 Å². The summed E-state index contributed by atoms with van der Waals surface area (Å²) in [6.07, 6.45) is 0. The van der Waals surface area contributed by atoms with Gasteiger partial charge in [0.25, 0.3) is 0 Å². The molecule has 1 aliphatic heterocycles. The van der Waals surface area contributed by atoms with E-state index in [2.05, 4.69) is 10.3 Å². The van der Waals surface area contributed by atoms with Gasteiger partial charge in [0.1, 0.15) is 0 Å². The Hall–Kier alpha value is -2.30. The first-order valence-corrected chi connectivity index (χ1v) is 7.01. The molecule has 1 amide bonds. The predicted octanol–water partition coefficient (Wildman–Crippen LogP) is 2.88. The Morgan fingerprint density at radius 1 is 1.33 bits per heavy atom. The zero-order valence-corrected chi connectivity index (χ0v) is 12.6. The van der Waals surface area contributed by atoms with E-state index in [1.165, 1.54) is 0 Å². The van der Waals surface area contributed by atoms with Crippen molar-refractivity contribution in [3.63, 3.8) is 0 Å². The minimum atomic E-state index is -0.597. The van der Waals surface area contributed by atoms with Crippen molar-refractivity contribution >= 4 is 28.5 Å². The van der Waals surface area contributed by atoms with Crippen LogP contribution in [0.25, 0.3) is 10.9 Å². The van der Waals surface area contributed by atoms with Crippen LogP contribution in [0.2, 0.25) is 0 Å². The number of carbonyl (C=O) groups is 2. The van der Waals surface area contributed by atoms with Gasteiger partial charge in [-0.15, -0.1) is 0 Å².